The topological polar surface area (TPSA) is 43.4 Å². The van der Waals surface area contributed by atoms with Gasteiger partial charge in [0.05, 0.1) is 17.6 Å². The van der Waals surface area contributed by atoms with Gasteiger partial charge >= 0.3 is 0 Å². The van der Waals surface area contributed by atoms with Crippen LogP contribution in [0, 0.1) is 6.92 Å². The molecule has 158 valence electrons. The molecule has 0 aliphatic heterocycles. The van der Waals surface area contributed by atoms with Crippen molar-refractivity contribution < 1.29 is 9.47 Å². The van der Waals surface area contributed by atoms with E-state index in [1.165, 1.54) is 21.6 Å². The fourth-order valence-electron chi connectivity index (χ4n) is 4.13. The van der Waals surface area contributed by atoms with Crippen molar-refractivity contribution in [1.82, 2.24) is 10.3 Å². The summed E-state index contributed by atoms with van der Waals surface area (Å²) in [6, 6.07) is 13.4. The fourth-order valence-corrected chi connectivity index (χ4v) is 5.10. The van der Waals surface area contributed by atoms with Crippen LogP contribution >= 0.6 is 11.3 Å². The number of benzene rings is 2. The highest BCUT2D eigenvalue weighted by Gasteiger charge is 2.25. The van der Waals surface area contributed by atoms with E-state index in [9.17, 15) is 0 Å². The molecule has 1 atom stereocenters. The van der Waals surface area contributed by atoms with Crippen molar-refractivity contribution in [3.05, 3.63) is 59.3 Å². The molecule has 1 aliphatic carbocycles. The van der Waals surface area contributed by atoms with Crippen molar-refractivity contribution in [2.24, 2.45) is 0 Å². The summed E-state index contributed by atoms with van der Waals surface area (Å²) < 4.78 is 11.1. The van der Waals surface area contributed by atoms with Gasteiger partial charge in [-0.15, -0.1) is 11.3 Å². The second-order valence-electron chi connectivity index (χ2n) is 8.09. The average Bonchev–Trinajstić information content (AvgIpc) is 3.37. The second-order valence-corrected chi connectivity index (χ2v) is 9.12. The molecule has 1 aliphatic rings. The lowest BCUT2D eigenvalue weighted by atomic mass is 10.0. The van der Waals surface area contributed by atoms with Gasteiger partial charge in [-0.3, -0.25) is 0 Å². The Hall–Kier alpha value is -2.21. The third-order valence-corrected chi connectivity index (χ3v) is 6.60. The van der Waals surface area contributed by atoms with E-state index < -0.39 is 0 Å². The van der Waals surface area contributed by atoms with E-state index in [0.29, 0.717) is 6.04 Å². The highest BCUT2D eigenvalue weighted by molar-refractivity contribution is 7.18. The summed E-state index contributed by atoms with van der Waals surface area (Å²) in [6.07, 6.45) is 4.44. The van der Waals surface area contributed by atoms with E-state index in [1.807, 2.05) is 6.20 Å². The van der Waals surface area contributed by atoms with Crippen molar-refractivity contribution >= 4 is 11.3 Å². The van der Waals surface area contributed by atoms with Gasteiger partial charge in [0.1, 0.15) is 10.8 Å². The minimum atomic E-state index is 0.175. The largest absolute Gasteiger partial charge is 0.491 e. The predicted octanol–water partition coefficient (Wildman–Crippen LogP) is 5.80. The lowest BCUT2D eigenvalue weighted by molar-refractivity contribution is 0.195. The highest BCUT2D eigenvalue weighted by atomic mass is 32.1. The Bertz CT molecular complexity index is 1010. The fraction of sp³-hybridized carbons (Fsp3) is 0.400. The lowest BCUT2D eigenvalue weighted by Gasteiger charge is -2.14. The Kier molecular flexibility index (Phi) is 6.52. The van der Waals surface area contributed by atoms with Crippen LogP contribution in [0.3, 0.4) is 0 Å². The number of thiazole rings is 1. The highest BCUT2D eigenvalue weighted by Crippen LogP contribution is 2.41. The molecular weight excluding hydrogens is 392 g/mol. The van der Waals surface area contributed by atoms with Gasteiger partial charge in [-0.05, 0) is 74.1 Å². The quantitative estimate of drug-likeness (QED) is 0.466. The first-order valence-corrected chi connectivity index (χ1v) is 11.5. The first-order chi connectivity index (χ1) is 14.6. The van der Waals surface area contributed by atoms with E-state index in [-0.39, 0.29) is 6.10 Å². The third-order valence-electron chi connectivity index (χ3n) is 5.52. The maximum Gasteiger partial charge on any atom is 0.123 e. The Labute approximate surface area is 183 Å². The summed E-state index contributed by atoms with van der Waals surface area (Å²) in [5.41, 5.74) is 6.49. The second kappa shape index (κ2) is 9.29. The summed E-state index contributed by atoms with van der Waals surface area (Å²) in [6.45, 7) is 7.82. The summed E-state index contributed by atoms with van der Waals surface area (Å²) in [7, 11) is 1.75. The summed E-state index contributed by atoms with van der Waals surface area (Å²) >= 11 is 1.76. The molecule has 1 heterocycles. The number of methoxy groups -OCH3 is 1. The lowest BCUT2D eigenvalue weighted by Crippen LogP contribution is -2.23. The monoisotopic (exact) mass is 422 g/mol. The van der Waals surface area contributed by atoms with Gasteiger partial charge in [-0.2, -0.15) is 0 Å². The van der Waals surface area contributed by atoms with Gasteiger partial charge in [-0.1, -0.05) is 18.2 Å². The van der Waals surface area contributed by atoms with Crippen LogP contribution in [-0.2, 0) is 11.2 Å². The molecular formula is C25H30N2O2S. The van der Waals surface area contributed by atoms with E-state index in [1.54, 1.807) is 18.4 Å². The van der Waals surface area contributed by atoms with E-state index in [4.69, 9.17) is 14.5 Å². The van der Waals surface area contributed by atoms with Crippen molar-refractivity contribution in [2.45, 2.75) is 45.8 Å². The van der Waals surface area contributed by atoms with Crippen molar-refractivity contribution in [3.63, 3.8) is 0 Å². The van der Waals surface area contributed by atoms with Gasteiger partial charge in [-0.25, -0.2) is 4.98 Å². The smallest absolute Gasteiger partial charge is 0.123 e. The standard InChI is InChI=1S/C25H30N2O2S/c1-16(2)29-23-11-8-18(14-17(23)3)25-27-15-24(30-25)21-7-5-6-20-19(21)9-10-22(20)26-12-13-28-4/h5-8,11,14-16,22,26H,9-10,12-13H2,1-4H3/t22-/m0/s1. The first kappa shape index (κ1) is 21.0. The maximum atomic E-state index is 5.88. The molecule has 0 amide bonds. The molecule has 2 aromatic carbocycles. The number of aromatic nitrogens is 1. The van der Waals surface area contributed by atoms with Gasteiger partial charge in [0.15, 0.2) is 0 Å². The number of hydrogen-bond donors (Lipinski definition) is 1. The molecule has 0 saturated carbocycles. The molecule has 0 fully saturated rings. The Balaban J connectivity index is 1.57. The van der Waals surface area contributed by atoms with Gasteiger partial charge in [0.25, 0.3) is 0 Å². The number of ether oxygens (including phenoxy) is 2. The van der Waals surface area contributed by atoms with E-state index in [2.05, 4.69) is 62.5 Å². The van der Waals surface area contributed by atoms with Crippen LogP contribution in [-0.4, -0.2) is 31.3 Å². The Morgan fingerprint density at radius 3 is 2.87 bits per heavy atom. The Morgan fingerprint density at radius 2 is 2.10 bits per heavy atom. The van der Waals surface area contributed by atoms with Gasteiger partial charge < -0.3 is 14.8 Å². The summed E-state index contributed by atoms with van der Waals surface area (Å²) in [5.74, 6) is 0.943. The maximum absolute atomic E-state index is 5.88. The molecule has 0 bridgehead atoms. The molecule has 4 rings (SSSR count). The van der Waals surface area contributed by atoms with Gasteiger partial charge in [0.2, 0.25) is 0 Å². The average molecular weight is 423 g/mol. The van der Waals surface area contributed by atoms with Crippen LogP contribution in [0.2, 0.25) is 0 Å². The first-order valence-electron chi connectivity index (χ1n) is 10.6. The number of nitrogens with zero attached hydrogens (tertiary/aromatic N) is 1. The number of fused-ring (bicyclic) bond motifs is 1. The van der Waals surface area contributed by atoms with Crippen LogP contribution in [0.25, 0.3) is 21.0 Å². The zero-order chi connectivity index (χ0) is 21.1. The molecule has 0 radical (unpaired) electrons. The molecule has 4 nitrogen and oxygen atoms in total. The van der Waals surface area contributed by atoms with E-state index in [0.717, 1.165) is 47.9 Å². The summed E-state index contributed by atoms with van der Waals surface area (Å²) in [4.78, 5) is 5.98. The van der Waals surface area contributed by atoms with Crippen LogP contribution < -0.4 is 10.1 Å². The molecule has 30 heavy (non-hydrogen) atoms. The minimum Gasteiger partial charge on any atom is -0.491 e. The minimum absolute atomic E-state index is 0.175. The third kappa shape index (κ3) is 4.43. The van der Waals surface area contributed by atoms with Crippen molar-refractivity contribution in [2.75, 3.05) is 20.3 Å². The molecule has 0 saturated heterocycles. The number of rotatable bonds is 8. The van der Waals surface area contributed by atoms with Crippen molar-refractivity contribution in [3.8, 4) is 26.8 Å². The normalized spacial score (nSPS) is 15.6. The molecule has 0 unspecified atom stereocenters. The van der Waals surface area contributed by atoms with Crippen LogP contribution in [0.15, 0.2) is 42.6 Å². The number of aryl methyl sites for hydroxylation is 1. The van der Waals surface area contributed by atoms with E-state index >= 15 is 0 Å². The zero-order valence-corrected chi connectivity index (χ0v) is 19.0. The van der Waals surface area contributed by atoms with Gasteiger partial charge in [0, 0.05) is 31.5 Å². The van der Waals surface area contributed by atoms with Crippen LogP contribution in [0.5, 0.6) is 5.75 Å². The molecule has 3 aromatic rings. The zero-order valence-electron chi connectivity index (χ0n) is 18.2. The molecule has 1 aromatic heterocycles. The van der Waals surface area contributed by atoms with Crippen LogP contribution in [0.4, 0.5) is 0 Å². The molecule has 0 spiro atoms. The number of hydrogen-bond acceptors (Lipinski definition) is 5. The summed E-state index contributed by atoms with van der Waals surface area (Å²) in [5, 5.41) is 4.67. The number of nitrogens with one attached hydrogen (secondary N) is 1. The van der Waals surface area contributed by atoms with Crippen LogP contribution in [0.1, 0.15) is 43.0 Å². The molecule has 1 N–H and O–H groups in total. The predicted molar refractivity (Wildman–Crippen MR) is 124 cm³/mol. The van der Waals surface area contributed by atoms with Crippen molar-refractivity contribution in [1.29, 1.82) is 0 Å². The SMILES string of the molecule is COCCN[C@H]1CCc2c(-c3cnc(-c4ccc(OC(C)C)c(C)c4)s3)cccc21. The Morgan fingerprint density at radius 1 is 1.23 bits per heavy atom. The molecule has 5 heteroatoms.